The molecule has 3 nitrogen and oxygen atoms in total. The highest BCUT2D eigenvalue weighted by atomic mass is 15.2. The lowest BCUT2D eigenvalue weighted by Crippen LogP contribution is -2.10. The number of aryl methyl sites for hydroxylation is 2. The van der Waals surface area contributed by atoms with Crippen molar-refractivity contribution in [3.8, 4) is 0 Å². The number of rotatable bonds is 6. The molecule has 0 unspecified atom stereocenters. The SMILES string of the molecule is Cc1cn(C(C)C)c(NCCCc2ccccc2)n1. The summed E-state index contributed by atoms with van der Waals surface area (Å²) in [5.74, 6) is 0.987. The van der Waals surface area contributed by atoms with Crippen molar-refractivity contribution in [2.45, 2.75) is 39.7 Å². The van der Waals surface area contributed by atoms with Crippen LogP contribution in [0.25, 0.3) is 0 Å². The van der Waals surface area contributed by atoms with Crippen LogP contribution in [0.1, 0.15) is 37.6 Å². The Morgan fingerprint density at radius 2 is 1.95 bits per heavy atom. The molecule has 2 rings (SSSR count). The van der Waals surface area contributed by atoms with E-state index in [4.69, 9.17) is 0 Å². The highest BCUT2D eigenvalue weighted by molar-refractivity contribution is 5.29. The van der Waals surface area contributed by atoms with Crippen molar-refractivity contribution in [2.75, 3.05) is 11.9 Å². The van der Waals surface area contributed by atoms with Crippen LogP contribution in [0.3, 0.4) is 0 Å². The summed E-state index contributed by atoms with van der Waals surface area (Å²) in [6.45, 7) is 7.35. The average molecular weight is 257 g/mol. The van der Waals surface area contributed by atoms with E-state index in [1.807, 2.05) is 6.92 Å². The van der Waals surface area contributed by atoms with Crippen molar-refractivity contribution in [2.24, 2.45) is 0 Å². The Labute approximate surface area is 115 Å². The molecule has 0 atom stereocenters. The zero-order valence-corrected chi connectivity index (χ0v) is 12.1. The van der Waals surface area contributed by atoms with E-state index < -0.39 is 0 Å². The second-order valence-electron chi connectivity index (χ2n) is 5.22. The Morgan fingerprint density at radius 3 is 2.63 bits per heavy atom. The second-order valence-corrected chi connectivity index (χ2v) is 5.22. The quantitative estimate of drug-likeness (QED) is 0.797. The minimum absolute atomic E-state index is 0.442. The van der Waals surface area contributed by atoms with Gasteiger partial charge in [0.25, 0.3) is 0 Å². The average Bonchev–Trinajstić information content (AvgIpc) is 2.77. The van der Waals surface area contributed by atoms with Crippen LogP contribution < -0.4 is 5.32 Å². The fourth-order valence-electron chi connectivity index (χ4n) is 2.18. The number of anilines is 1. The molecule has 1 N–H and O–H groups in total. The number of nitrogens with one attached hydrogen (secondary N) is 1. The van der Waals surface area contributed by atoms with Gasteiger partial charge in [-0.15, -0.1) is 0 Å². The summed E-state index contributed by atoms with van der Waals surface area (Å²) >= 11 is 0. The molecule has 3 heteroatoms. The van der Waals surface area contributed by atoms with Crippen molar-refractivity contribution in [3.63, 3.8) is 0 Å². The highest BCUT2D eigenvalue weighted by Crippen LogP contribution is 2.15. The maximum atomic E-state index is 4.53. The Kier molecular flexibility index (Phi) is 4.61. The predicted octanol–water partition coefficient (Wildman–Crippen LogP) is 3.82. The minimum atomic E-state index is 0.442. The van der Waals surface area contributed by atoms with Crippen molar-refractivity contribution in [1.29, 1.82) is 0 Å². The van der Waals surface area contributed by atoms with Gasteiger partial charge in [0.2, 0.25) is 5.95 Å². The molecule has 19 heavy (non-hydrogen) atoms. The summed E-state index contributed by atoms with van der Waals surface area (Å²) < 4.78 is 2.19. The van der Waals surface area contributed by atoms with Gasteiger partial charge < -0.3 is 9.88 Å². The molecule has 0 aliphatic heterocycles. The Bertz CT molecular complexity index is 500. The largest absolute Gasteiger partial charge is 0.356 e. The number of benzene rings is 1. The van der Waals surface area contributed by atoms with Gasteiger partial charge in [0.1, 0.15) is 0 Å². The Hall–Kier alpha value is -1.77. The second kappa shape index (κ2) is 6.41. The van der Waals surface area contributed by atoms with Gasteiger partial charge in [0.05, 0.1) is 5.69 Å². The van der Waals surface area contributed by atoms with Crippen LogP contribution in [0, 0.1) is 6.92 Å². The zero-order valence-electron chi connectivity index (χ0n) is 12.1. The number of imidazole rings is 1. The maximum Gasteiger partial charge on any atom is 0.203 e. The molecular formula is C16H23N3. The summed E-state index contributed by atoms with van der Waals surface area (Å²) in [4.78, 5) is 4.53. The van der Waals surface area contributed by atoms with Gasteiger partial charge in [-0.2, -0.15) is 0 Å². The molecule has 0 aliphatic rings. The van der Waals surface area contributed by atoms with Crippen molar-refractivity contribution < 1.29 is 0 Å². The van der Waals surface area contributed by atoms with Gasteiger partial charge in [-0.25, -0.2) is 4.98 Å². The van der Waals surface area contributed by atoms with Gasteiger partial charge in [-0.05, 0) is 39.2 Å². The van der Waals surface area contributed by atoms with E-state index in [0.29, 0.717) is 6.04 Å². The van der Waals surface area contributed by atoms with Crippen LogP contribution in [0.15, 0.2) is 36.5 Å². The van der Waals surface area contributed by atoms with Crippen LogP contribution in [0.5, 0.6) is 0 Å². The summed E-state index contributed by atoms with van der Waals surface area (Å²) in [7, 11) is 0. The van der Waals surface area contributed by atoms with Crippen LogP contribution >= 0.6 is 0 Å². The molecule has 0 bridgehead atoms. The lowest BCUT2D eigenvalue weighted by molar-refractivity contribution is 0.603. The zero-order chi connectivity index (χ0) is 13.7. The van der Waals surface area contributed by atoms with Crippen molar-refractivity contribution >= 4 is 5.95 Å². The summed E-state index contributed by atoms with van der Waals surface area (Å²) in [6.07, 6.45) is 4.33. The van der Waals surface area contributed by atoms with Crippen LogP contribution in [-0.2, 0) is 6.42 Å². The molecule has 2 aromatic rings. The van der Waals surface area contributed by atoms with E-state index in [9.17, 15) is 0 Å². The van der Waals surface area contributed by atoms with E-state index in [2.05, 4.69) is 65.2 Å². The Balaban J connectivity index is 1.83. The summed E-state index contributed by atoms with van der Waals surface area (Å²) in [5.41, 5.74) is 2.46. The lowest BCUT2D eigenvalue weighted by Gasteiger charge is -2.12. The van der Waals surface area contributed by atoms with Crippen molar-refractivity contribution in [1.82, 2.24) is 9.55 Å². The summed E-state index contributed by atoms with van der Waals surface area (Å²) in [6, 6.07) is 11.1. The third-order valence-corrected chi connectivity index (χ3v) is 3.18. The van der Waals surface area contributed by atoms with Gasteiger partial charge in [0.15, 0.2) is 0 Å². The van der Waals surface area contributed by atoms with Gasteiger partial charge in [0, 0.05) is 18.8 Å². The molecule has 1 heterocycles. The van der Waals surface area contributed by atoms with Gasteiger partial charge >= 0.3 is 0 Å². The lowest BCUT2D eigenvalue weighted by atomic mass is 10.1. The third kappa shape index (κ3) is 3.85. The molecule has 0 fully saturated rings. The molecular weight excluding hydrogens is 234 g/mol. The molecule has 0 spiro atoms. The Morgan fingerprint density at radius 1 is 1.21 bits per heavy atom. The number of hydrogen-bond acceptors (Lipinski definition) is 2. The minimum Gasteiger partial charge on any atom is -0.356 e. The van der Waals surface area contributed by atoms with Crippen LogP contribution in [0.2, 0.25) is 0 Å². The molecule has 0 saturated carbocycles. The normalized spacial score (nSPS) is 10.9. The van der Waals surface area contributed by atoms with E-state index in [1.165, 1.54) is 5.56 Å². The van der Waals surface area contributed by atoms with Gasteiger partial charge in [-0.3, -0.25) is 0 Å². The molecule has 0 radical (unpaired) electrons. The first-order chi connectivity index (χ1) is 9.16. The topological polar surface area (TPSA) is 29.9 Å². The van der Waals surface area contributed by atoms with Crippen molar-refractivity contribution in [3.05, 3.63) is 47.8 Å². The molecule has 0 aliphatic carbocycles. The monoisotopic (exact) mass is 257 g/mol. The number of aromatic nitrogens is 2. The first-order valence-corrected chi connectivity index (χ1v) is 7.00. The van der Waals surface area contributed by atoms with Crippen LogP contribution in [0.4, 0.5) is 5.95 Å². The van der Waals surface area contributed by atoms with E-state index in [1.54, 1.807) is 0 Å². The summed E-state index contributed by atoms with van der Waals surface area (Å²) in [5, 5.41) is 3.44. The maximum absolute atomic E-state index is 4.53. The fraction of sp³-hybridized carbons (Fsp3) is 0.438. The number of hydrogen-bond donors (Lipinski definition) is 1. The molecule has 0 amide bonds. The third-order valence-electron chi connectivity index (χ3n) is 3.18. The van der Waals surface area contributed by atoms with E-state index in [-0.39, 0.29) is 0 Å². The first-order valence-electron chi connectivity index (χ1n) is 7.00. The highest BCUT2D eigenvalue weighted by Gasteiger charge is 2.07. The standard InChI is InChI=1S/C16H23N3/c1-13(2)19-12-14(3)18-16(19)17-11-7-10-15-8-5-4-6-9-15/h4-6,8-9,12-13H,7,10-11H2,1-3H3,(H,17,18). The fourth-order valence-corrected chi connectivity index (χ4v) is 2.18. The molecule has 1 aromatic heterocycles. The smallest absolute Gasteiger partial charge is 0.203 e. The molecule has 102 valence electrons. The number of nitrogens with zero attached hydrogens (tertiary/aromatic N) is 2. The van der Waals surface area contributed by atoms with E-state index in [0.717, 1.165) is 31.0 Å². The molecule has 0 saturated heterocycles. The van der Waals surface area contributed by atoms with E-state index >= 15 is 0 Å². The first kappa shape index (κ1) is 13.7. The van der Waals surface area contributed by atoms with Gasteiger partial charge in [-0.1, -0.05) is 30.3 Å². The molecule has 1 aromatic carbocycles. The van der Waals surface area contributed by atoms with Crippen LogP contribution in [-0.4, -0.2) is 16.1 Å². The predicted molar refractivity (Wildman–Crippen MR) is 80.6 cm³/mol.